The molecule has 0 aliphatic rings. The topological polar surface area (TPSA) is 59.5 Å². The van der Waals surface area contributed by atoms with Crippen LogP contribution in [0, 0.1) is 5.82 Å². The van der Waals surface area contributed by atoms with Crippen molar-refractivity contribution in [1.29, 1.82) is 0 Å². The Kier molecular flexibility index (Phi) is 6.52. The Labute approximate surface area is 123 Å². The molecule has 1 amide bonds. The van der Waals surface area contributed by atoms with E-state index in [0.29, 0.717) is 12.0 Å². The molecule has 0 bridgehead atoms. The number of carbonyl (C=O) groups excluding carboxylic acids is 2. The molecule has 0 saturated carbocycles. The molecule has 21 heavy (non-hydrogen) atoms. The average molecular weight is 294 g/mol. The largest absolute Gasteiger partial charge is 0.468 e. The number of esters is 1. The minimum atomic E-state index is -0.482. The lowest BCUT2D eigenvalue weighted by molar-refractivity contribution is -0.146. The standard InChI is InChI=1S/C15H19FN2O3/c1-4-11(2)18(10-15(20)21-3)14(19)6-5-12-7-13(16)9-17-8-12/h5-9,11H,4,10H2,1-3H3/b6-5+. The van der Waals surface area contributed by atoms with Crippen molar-refractivity contribution in [3.05, 3.63) is 35.9 Å². The summed E-state index contributed by atoms with van der Waals surface area (Å²) in [5.74, 6) is -1.29. The number of aromatic nitrogens is 1. The molecule has 5 nitrogen and oxygen atoms in total. The molecule has 1 aromatic heterocycles. The van der Waals surface area contributed by atoms with Gasteiger partial charge in [-0.2, -0.15) is 0 Å². The van der Waals surface area contributed by atoms with E-state index in [1.54, 1.807) is 0 Å². The van der Waals surface area contributed by atoms with Crippen LogP contribution in [0.15, 0.2) is 24.5 Å². The molecule has 6 heteroatoms. The van der Waals surface area contributed by atoms with Crippen molar-refractivity contribution in [3.8, 4) is 0 Å². The Morgan fingerprint density at radius 1 is 1.48 bits per heavy atom. The SMILES string of the molecule is CCC(C)N(CC(=O)OC)C(=O)/C=C/c1cncc(F)c1. The highest BCUT2D eigenvalue weighted by molar-refractivity contribution is 5.93. The smallest absolute Gasteiger partial charge is 0.325 e. The summed E-state index contributed by atoms with van der Waals surface area (Å²) in [6.07, 6.45) is 6.00. The third-order valence-corrected chi connectivity index (χ3v) is 3.08. The van der Waals surface area contributed by atoms with E-state index in [0.717, 1.165) is 6.20 Å². The van der Waals surface area contributed by atoms with Crippen molar-refractivity contribution in [3.63, 3.8) is 0 Å². The van der Waals surface area contributed by atoms with Crippen LogP contribution in [0.3, 0.4) is 0 Å². The number of amides is 1. The summed E-state index contributed by atoms with van der Waals surface area (Å²) in [4.78, 5) is 28.6. The van der Waals surface area contributed by atoms with Crippen LogP contribution in [0.5, 0.6) is 0 Å². The first kappa shape index (κ1) is 16.8. The molecule has 1 heterocycles. The Bertz CT molecular complexity index is 531. The van der Waals surface area contributed by atoms with Gasteiger partial charge in [0.05, 0.1) is 13.3 Å². The van der Waals surface area contributed by atoms with E-state index in [1.165, 1.54) is 36.4 Å². The lowest BCUT2D eigenvalue weighted by Gasteiger charge is -2.26. The summed E-state index contributed by atoms with van der Waals surface area (Å²) >= 11 is 0. The predicted molar refractivity (Wildman–Crippen MR) is 76.7 cm³/mol. The minimum Gasteiger partial charge on any atom is -0.468 e. The molecule has 0 N–H and O–H groups in total. The van der Waals surface area contributed by atoms with E-state index in [-0.39, 0.29) is 18.5 Å². The molecule has 0 fully saturated rings. The highest BCUT2D eigenvalue weighted by atomic mass is 19.1. The number of pyridine rings is 1. The highest BCUT2D eigenvalue weighted by Crippen LogP contribution is 2.08. The first-order valence-electron chi connectivity index (χ1n) is 6.64. The number of halogens is 1. The fraction of sp³-hybridized carbons (Fsp3) is 0.400. The van der Waals surface area contributed by atoms with E-state index < -0.39 is 11.8 Å². The van der Waals surface area contributed by atoms with Gasteiger partial charge in [-0.1, -0.05) is 6.92 Å². The Morgan fingerprint density at radius 3 is 2.76 bits per heavy atom. The molecule has 0 radical (unpaired) electrons. The van der Waals surface area contributed by atoms with Crippen LogP contribution in [0.25, 0.3) is 6.08 Å². The Hall–Kier alpha value is -2.24. The van der Waals surface area contributed by atoms with Crippen molar-refractivity contribution >= 4 is 18.0 Å². The van der Waals surface area contributed by atoms with Gasteiger partial charge >= 0.3 is 5.97 Å². The summed E-state index contributed by atoms with van der Waals surface area (Å²) in [5, 5.41) is 0. The molecule has 1 rings (SSSR count). The van der Waals surface area contributed by atoms with E-state index in [1.807, 2.05) is 13.8 Å². The molecule has 114 valence electrons. The third kappa shape index (κ3) is 5.33. The molecule has 0 aliphatic heterocycles. The maximum absolute atomic E-state index is 13.0. The van der Waals surface area contributed by atoms with Gasteiger partial charge in [-0.3, -0.25) is 14.6 Å². The number of methoxy groups -OCH3 is 1. The molecule has 0 aliphatic carbocycles. The summed E-state index contributed by atoms with van der Waals surface area (Å²) in [5.41, 5.74) is 0.477. The zero-order valence-electron chi connectivity index (χ0n) is 12.4. The van der Waals surface area contributed by atoms with Crippen LogP contribution in [-0.4, -0.2) is 41.5 Å². The molecule has 0 saturated heterocycles. The summed E-state index contributed by atoms with van der Waals surface area (Å²) in [6, 6.07) is 1.16. The second-order valence-corrected chi connectivity index (χ2v) is 4.57. The molecule has 0 spiro atoms. The molecule has 1 atom stereocenters. The third-order valence-electron chi connectivity index (χ3n) is 3.08. The average Bonchev–Trinajstić information content (AvgIpc) is 2.49. The van der Waals surface area contributed by atoms with E-state index >= 15 is 0 Å². The Balaban J connectivity index is 2.82. The van der Waals surface area contributed by atoms with Crippen molar-refractivity contribution in [2.24, 2.45) is 0 Å². The van der Waals surface area contributed by atoms with E-state index in [4.69, 9.17) is 0 Å². The monoisotopic (exact) mass is 294 g/mol. The Morgan fingerprint density at radius 2 is 2.19 bits per heavy atom. The van der Waals surface area contributed by atoms with Gasteiger partial charge < -0.3 is 9.64 Å². The van der Waals surface area contributed by atoms with Gasteiger partial charge in [0.15, 0.2) is 0 Å². The van der Waals surface area contributed by atoms with Crippen LogP contribution >= 0.6 is 0 Å². The van der Waals surface area contributed by atoms with Crippen molar-refractivity contribution in [1.82, 2.24) is 9.88 Å². The molecular formula is C15H19FN2O3. The van der Waals surface area contributed by atoms with Crippen molar-refractivity contribution < 1.29 is 18.7 Å². The van der Waals surface area contributed by atoms with Gasteiger partial charge in [-0.05, 0) is 31.1 Å². The van der Waals surface area contributed by atoms with Gasteiger partial charge in [0.25, 0.3) is 0 Å². The van der Waals surface area contributed by atoms with Crippen molar-refractivity contribution in [2.45, 2.75) is 26.3 Å². The van der Waals surface area contributed by atoms with E-state index in [9.17, 15) is 14.0 Å². The normalized spacial score (nSPS) is 12.2. The zero-order valence-corrected chi connectivity index (χ0v) is 12.4. The maximum atomic E-state index is 13.0. The molecular weight excluding hydrogens is 275 g/mol. The zero-order chi connectivity index (χ0) is 15.8. The number of rotatable bonds is 6. The minimum absolute atomic E-state index is 0.105. The predicted octanol–water partition coefficient (Wildman–Crippen LogP) is 2.03. The first-order valence-corrected chi connectivity index (χ1v) is 6.64. The summed E-state index contributed by atoms with van der Waals surface area (Å²) in [7, 11) is 1.27. The fourth-order valence-electron chi connectivity index (χ4n) is 1.66. The van der Waals surface area contributed by atoms with Crippen LogP contribution in [0.2, 0.25) is 0 Å². The summed E-state index contributed by atoms with van der Waals surface area (Å²) in [6.45, 7) is 3.65. The number of nitrogens with zero attached hydrogens (tertiary/aromatic N) is 2. The van der Waals surface area contributed by atoms with Gasteiger partial charge in [-0.15, -0.1) is 0 Å². The second-order valence-electron chi connectivity index (χ2n) is 4.57. The molecule has 1 unspecified atom stereocenters. The van der Waals surface area contributed by atoms with Crippen LogP contribution in [0.1, 0.15) is 25.8 Å². The van der Waals surface area contributed by atoms with Gasteiger partial charge in [0.1, 0.15) is 12.4 Å². The maximum Gasteiger partial charge on any atom is 0.325 e. The van der Waals surface area contributed by atoms with Crippen LogP contribution < -0.4 is 0 Å². The lowest BCUT2D eigenvalue weighted by Crippen LogP contribution is -2.41. The summed E-state index contributed by atoms with van der Waals surface area (Å²) < 4.78 is 17.6. The van der Waals surface area contributed by atoms with E-state index in [2.05, 4.69) is 9.72 Å². The number of ether oxygens (including phenoxy) is 1. The first-order chi connectivity index (χ1) is 9.97. The van der Waals surface area contributed by atoms with Crippen molar-refractivity contribution in [2.75, 3.05) is 13.7 Å². The van der Waals surface area contributed by atoms with Crippen LogP contribution in [0.4, 0.5) is 4.39 Å². The van der Waals surface area contributed by atoms with Crippen LogP contribution in [-0.2, 0) is 14.3 Å². The molecule has 0 aromatic carbocycles. The van der Waals surface area contributed by atoms with Gasteiger partial charge in [-0.25, -0.2) is 4.39 Å². The number of hydrogen-bond donors (Lipinski definition) is 0. The lowest BCUT2D eigenvalue weighted by atomic mass is 10.2. The number of carbonyl (C=O) groups is 2. The van der Waals surface area contributed by atoms with Gasteiger partial charge in [0, 0.05) is 18.3 Å². The quantitative estimate of drug-likeness (QED) is 0.595. The second kappa shape index (κ2) is 8.14. The molecule has 1 aromatic rings. The number of hydrogen-bond acceptors (Lipinski definition) is 4. The fourth-order valence-corrected chi connectivity index (χ4v) is 1.66. The highest BCUT2D eigenvalue weighted by Gasteiger charge is 2.20. The van der Waals surface area contributed by atoms with Gasteiger partial charge in [0.2, 0.25) is 5.91 Å².